The van der Waals surface area contributed by atoms with E-state index in [0.29, 0.717) is 18.4 Å². The largest absolute Gasteiger partial charge is 0.352 e. The molecule has 4 nitrogen and oxygen atoms in total. The summed E-state index contributed by atoms with van der Waals surface area (Å²) in [5, 5.41) is 3.05. The van der Waals surface area contributed by atoms with E-state index in [-0.39, 0.29) is 17.7 Å². The summed E-state index contributed by atoms with van der Waals surface area (Å²) in [6.45, 7) is 4.65. The van der Waals surface area contributed by atoms with E-state index in [9.17, 15) is 9.59 Å². The highest BCUT2D eigenvalue weighted by Gasteiger charge is 2.33. The fourth-order valence-electron chi connectivity index (χ4n) is 4.18. The van der Waals surface area contributed by atoms with Gasteiger partial charge in [-0.15, -0.1) is 0 Å². The summed E-state index contributed by atoms with van der Waals surface area (Å²) in [5.41, 5.74) is 1.12. The molecule has 1 aromatic rings. The Morgan fingerprint density at radius 2 is 1.72 bits per heavy atom. The summed E-state index contributed by atoms with van der Waals surface area (Å²) < 4.78 is 0. The van der Waals surface area contributed by atoms with Crippen LogP contribution in [0.15, 0.2) is 30.3 Å². The molecule has 1 atom stereocenters. The highest BCUT2D eigenvalue weighted by atomic mass is 16.2. The van der Waals surface area contributed by atoms with E-state index in [1.165, 1.54) is 6.42 Å². The van der Waals surface area contributed by atoms with Crippen molar-refractivity contribution in [2.75, 3.05) is 13.1 Å². The number of amides is 2. The van der Waals surface area contributed by atoms with E-state index in [4.69, 9.17) is 0 Å². The van der Waals surface area contributed by atoms with Crippen LogP contribution >= 0.6 is 0 Å². The molecule has 25 heavy (non-hydrogen) atoms. The van der Waals surface area contributed by atoms with Crippen LogP contribution in [0.5, 0.6) is 0 Å². The van der Waals surface area contributed by atoms with E-state index in [1.54, 1.807) is 0 Å². The van der Waals surface area contributed by atoms with Crippen LogP contribution in [0.4, 0.5) is 0 Å². The van der Waals surface area contributed by atoms with Crippen molar-refractivity contribution in [3.63, 3.8) is 0 Å². The van der Waals surface area contributed by atoms with Crippen molar-refractivity contribution < 1.29 is 9.59 Å². The topological polar surface area (TPSA) is 49.4 Å². The van der Waals surface area contributed by atoms with Gasteiger partial charge in [0.05, 0.1) is 0 Å². The minimum atomic E-state index is 0.0630. The van der Waals surface area contributed by atoms with E-state index in [1.807, 2.05) is 30.3 Å². The molecule has 1 unspecified atom stereocenters. The van der Waals surface area contributed by atoms with E-state index in [2.05, 4.69) is 17.1 Å². The molecule has 1 saturated carbocycles. The number of hydrogen-bond donors (Lipinski definition) is 1. The van der Waals surface area contributed by atoms with Crippen LogP contribution in [0.25, 0.3) is 0 Å². The molecule has 1 aliphatic heterocycles. The lowest BCUT2D eigenvalue weighted by molar-refractivity contribution is -0.140. The predicted octanol–water partition coefficient (Wildman–Crippen LogP) is 3.37. The van der Waals surface area contributed by atoms with Crippen molar-refractivity contribution in [3.05, 3.63) is 35.9 Å². The Labute approximate surface area is 151 Å². The second kappa shape index (κ2) is 8.50. The van der Waals surface area contributed by atoms with Crippen LogP contribution in [0, 0.1) is 17.8 Å². The van der Waals surface area contributed by atoms with Crippen molar-refractivity contribution in [1.29, 1.82) is 0 Å². The van der Waals surface area contributed by atoms with Gasteiger partial charge in [-0.3, -0.25) is 9.59 Å². The highest BCUT2D eigenvalue weighted by Crippen LogP contribution is 2.31. The number of carbonyl (C=O) groups excluding carboxylic acids is 2. The maximum atomic E-state index is 12.7. The SMILES string of the molecule is CC1CCCN(C(=O)C2CCC(C(=O)NCc3ccccc3)CC2)C1. The molecule has 0 spiro atoms. The summed E-state index contributed by atoms with van der Waals surface area (Å²) >= 11 is 0. The van der Waals surface area contributed by atoms with Gasteiger partial charge in [-0.1, -0.05) is 37.3 Å². The van der Waals surface area contributed by atoms with Crippen molar-refractivity contribution in [2.45, 2.75) is 52.0 Å². The third-order valence-electron chi connectivity index (χ3n) is 5.73. The second-order valence-corrected chi connectivity index (χ2v) is 7.78. The first-order chi connectivity index (χ1) is 12.1. The third kappa shape index (κ3) is 4.83. The molecular formula is C21H30N2O2. The first-order valence-electron chi connectivity index (χ1n) is 9.74. The monoisotopic (exact) mass is 342 g/mol. The average Bonchev–Trinajstić information content (AvgIpc) is 2.66. The number of carbonyl (C=O) groups is 2. The first-order valence-corrected chi connectivity index (χ1v) is 9.74. The lowest BCUT2D eigenvalue weighted by Gasteiger charge is -2.35. The number of rotatable bonds is 4. The fraction of sp³-hybridized carbons (Fsp3) is 0.619. The third-order valence-corrected chi connectivity index (χ3v) is 5.73. The van der Waals surface area contributed by atoms with Gasteiger partial charge in [0.1, 0.15) is 0 Å². The van der Waals surface area contributed by atoms with Crippen LogP contribution in [0.3, 0.4) is 0 Å². The Hall–Kier alpha value is -1.84. The molecule has 2 amide bonds. The number of nitrogens with zero attached hydrogens (tertiary/aromatic N) is 1. The standard InChI is InChI=1S/C21H30N2O2/c1-16-6-5-13-23(15-16)21(25)19-11-9-18(10-12-19)20(24)22-14-17-7-3-2-4-8-17/h2-4,7-8,16,18-19H,5-6,9-15H2,1H3,(H,22,24). The van der Waals surface area contributed by atoms with Gasteiger partial charge in [0.25, 0.3) is 0 Å². The minimum absolute atomic E-state index is 0.0630. The predicted molar refractivity (Wildman–Crippen MR) is 98.7 cm³/mol. The maximum Gasteiger partial charge on any atom is 0.225 e. The lowest BCUT2D eigenvalue weighted by atomic mass is 9.80. The molecule has 1 aliphatic carbocycles. The van der Waals surface area contributed by atoms with Crippen LogP contribution in [-0.2, 0) is 16.1 Å². The first kappa shape index (κ1) is 18.0. The maximum absolute atomic E-state index is 12.7. The van der Waals surface area contributed by atoms with Gasteiger partial charge in [-0.25, -0.2) is 0 Å². The molecule has 2 aliphatic rings. The van der Waals surface area contributed by atoms with E-state index < -0.39 is 0 Å². The van der Waals surface area contributed by atoms with Crippen LogP contribution in [0.1, 0.15) is 51.0 Å². The van der Waals surface area contributed by atoms with Gasteiger partial charge in [-0.05, 0) is 50.0 Å². The van der Waals surface area contributed by atoms with Crippen molar-refractivity contribution >= 4 is 11.8 Å². The highest BCUT2D eigenvalue weighted by molar-refractivity contribution is 5.81. The van der Waals surface area contributed by atoms with Crippen molar-refractivity contribution in [2.24, 2.45) is 17.8 Å². The summed E-state index contributed by atoms with van der Waals surface area (Å²) in [4.78, 5) is 27.2. The quantitative estimate of drug-likeness (QED) is 0.912. The van der Waals surface area contributed by atoms with Gasteiger partial charge in [0, 0.05) is 31.5 Å². The van der Waals surface area contributed by atoms with Gasteiger partial charge >= 0.3 is 0 Å². The molecule has 1 saturated heterocycles. The van der Waals surface area contributed by atoms with Crippen LogP contribution in [0.2, 0.25) is 0 Å². The van der Waals surface area contributed by atoms with E-state index >= 15 is 0 Å². The van der Waals surface area contributed by atoms with Gasteiger partial charge in [0.2, 0.25) is 11.8 Å². The zero-order valence-corrected chi connectivity index (χ0v) is 15.2. The molecule has 0 radical (unpaired) electrons. The number of hydrogen-bond acceptors (Lipinski definition) is 2. The zero-order valence-electron chi connectivity index (χ0n) is 15.2. The Morgan fingerprint density at radius 3 is 2.40 bits per heavy atom. The van der Waals surface area contributed by atoms with Gasteiger partial charge in [-0.2, -0.15) is 0 Å². The zero-order chi connectivity index (χ0) is 17.6. The number of benzene rings is 1. The molecule has 1 N–H and O–H groups in total. The second-order valence-electron chi connectivity index (χ2n) is 7.78. The number of piperidine rings is 1. The molecule has 0 bridgehead atoms. The Morgan fingerprint density at radius 1 is 1.04 bits per heavy atom. The number of nitrogens with one attached hydrogen (secondary N) is 1. The molecule has 1 heterocycles. The Bertz CT molecular complexity index is 579. The van der Waals surface area contributed by atoms with Crippen LogP contribution in [-0.4, -0.2) is 29.8 Å². The minimum Gasteiger partial charge on any atom is -0.352 e. The molecule has 2 fully saturated rings. The number of likely N-dealkylation sites (tertiary alicyclic amines) is 1. The normalized spacial score (nSPS) is 26.9. The summed E-state index contributed by atoms with van der Waals surface area (Å²) in [5.74, 6) is 1.28. The van der Waals surface area contributed by atoms with Crippen molar-refractivity contribution in [1.82, 2.24) is 10.2 Å². The molecule has 0 aromatic heterocycles. The molecule has 3 rings (SSSR count). The smallest absolute Gasteiger partial charge is 0.225 e. The van der Waals surface area contributed by atoms with Gasteiger partial charge < -0.3 is 10.2 Å². The summed E-state index contributed by atoms with van der Waals surface area (Å²) in [7, 11) is 0. The van der Waals surface area contributed by atoms with E-state index in [0.717, 1.165) is 50.8 Å². The molecular weight excluding hydrogens is 312 g/mol. The molecule has 136 valence electrons. The molecule has 1 aromatic carbocycles. The van der Waals surface area contributed by atoms with Crippen LogP contribution < -0.4 is 5.32 Å². The Balaban J connectivity index is 1.43. The van der Waals surface area contributed by atoms with Crippen molar-refractivity contribution in [3.8, 4) is 0 Å². The average molecular weight is 342 g/mol. The van der Waals surface area contributed by atoms with Gasteiger partial charge in [0.15, 0.2) is 0 Å². The summed E-state index contributed by atoms with van der Waals surface area (Å²) in [6, 6.07) is 10.00. The lowest BCUT2D eigenvalue weighted by Crippen LogP contribution is -2.44. The molecule has 4 heteroatoms. The fourth-order valence-corrected chi connectivity index (χ4v) is 4.18. The summed E-state index contributed by atoms with van der Waals surface area (Å²) in [6.07, 6.45) is 5.74. The Kier molecular flexibility index (Phi) is 6.11.